The third kappa shape index (κ3) is 3.25. The first-order valence-corrected chi connectivity index (χ1v) is 5.27. The molecule has 0 unspecified atom stereocenters. The summed E-state index contributed by atoms with van der Waals surface area (Å²) in [6.07, 6.45) is -0.785. The highest BCUT2D eigenvalue weighted by molar-refractivity contribution is 5.85. The van der Waals surface area contributed by atoms with Crippen LogP contribution in [0.1, 0.15) is 32.1 Å². The van der Waals surface area contributed by atoms with E-state index in [-0.39, 0.29) is 23.7 Å². The zero-order valence-corrected chi connectivity index (χ0v) is 9.39. The first-order valence-electron chi connectivity index (χ1n) is 5.27. The van der Waals surface area contributed by atoms with E-state index in [1.807, 2.05) is 0 Å². The quantitative estimate of drug-likeness (QED) is 0.746. The monoisotopic (exact) mass is 243 g/mol. The summed E-state index contributed by atoms with van der Waals surface area (Å²) in [6, 6.07) is 0. The second-order valence-electron chi connectivity index (χ2n) is 4.84. The average molecular weight is 244 g/mol. The Morgan fingerprint density at radius 1 is 1.13 bits per heavy atom. The molecule has 0 aromatic rings. The number of rotatable bonds is 1. The second kappa shape index (κ2) is 4.50. The molecule has 1 saturated carbocycles. The summed E-state index contributed by atoms with van der Waals surface area (Å²) in [5, 5.41) is 3.25. The number of nitrogens with one attached hydrogen (secondary N) is 1. The molecule has 0 bridgehead atoms. The Hall–Kier alpha value is 0.0400. The van der Waals surface area contributed by atoms with Crippen LogP contribution in [0.5, 0.6) is 0 Å². The van der Waals surface area contributed by atoms with Crippen LogP contribution >= 0.6 is 12.4 Å². The van der Waals surface area contributed by atoms with Crippen LogP contribution in [0.2, 0.25) is 0 Å². The van der Waals surface area contributed by atoms with Gasteiger partial charge in [-0.2, -0.15) is 13.2 Å². The van der Waals surface area contributed by atoms with Gasteiger partial charge in [-0.25, -0.2) is 0 Å². The lowest BCUT2D eigenvalue weighted by atomic mass is 9.57. The van der Waals surface area contributed by atoms with E-state index in [0.717, 1.165) is 38.8 Å². The number of hydrogen-bond acceptors (Lipinski definition) is 1. The normalized spacial score (nSPS) is 25.8. The van der Waals surface area contributed by atoms with Gasteiger partial charge in [0.05, 0.1) is 0 Å². The summed E-state index contributed by atoms with van der Waals surface area (Å²) in [5.41, 5.74) is 0.279. The molecule has 1 saturated heterocycles. The van der Waals surface area contributed by atoms with Crippen molar-refractivity contribution in [3.8, 4) is 0 Å². The second-order valence-corrected chi connectivity index (χ2v) is 4.84. The number of hydrogen-bond donors (Lipinski definition) is 1. The van der Waals surface area contributed by atoms with Crippen molar-refractivity contribution in [2.24, 2.45) is 11.3 Å². The van der Waals surface area contributed by atoms with Crippen LogP contribution in [0.4, 0.5) is 13.2 Å². The lowest BCUT2D eigenvalue weighted by Gasteiger charge is -2.50. The van der Waals surface area contributed by atoms with Gasteiger partial charge in [-0.15, -0.1) is 12.4 Å². The van der Waals surface area contributed by atoms with Gasteiger partial charge in [0.15, 0.2) is 0 Å². The molecule has 90 valence electrons. The van der Waals surface area contributed by atoms with Gasteiger partial charge >= 0.3 is 6.18 Å². The van der Waals surface area contributed by atoms with Crippen molar-refractivity contribution in [2.45, 2.75) is 38.3 Å². The summed E-state index contributed by atoms with van der Waals surface area (Å²) < 4.78 is 36.2. The van der Waals surface area contributed by atoms with Gasteiger partial charge in [-0.3, -0.25) is 0 Å². The standard InChI is InChI=1S/C10H16F3N.ClH/c11-10(12,13)7-8-5-9(6-8)1-3-14-4-2-9;/h8,14H,1-7H2;1H. The summed E-state index contributed by atoms with van der Waals surface area (Å²) in [6.45, 7) is 1.97. The average Bonchev–Trinajstić information content (AvgIpc) is 2.00. The summed E-state index contributed by atoms with van der Waals surface area (Å²) in [4.78, 5) is 0. The fraction of sp³-hybridized carbons (Fsp3) is 1.00. The number of halogens is 4. The first-order chi connectivity index (χ1) is 6.49. The van der Waals surface area contributed by atoms with Gasteiger partial charge in [-0.1, -0.05) is 0 Å². The van der Waals surface area contributed by atoms with Gasteiger partial charge in [0.1, 0.15) is 0 Å². The molecule has 0 amide bonds. The maximum atomic E-state index is 12.1. The molecular weight excluding hydrogens is 227 g/mol. The van der Waals surface area contributed by atoms with Crippen LogP contribution in [0.15, 0.2) is 0 Å². The number of piperidine rings is 1. The molecule has 1 heterocycles. The summed E-state index contributed by atoms with van der Waals surface area (Å²) in [7, 11) is 0. The van der Waals surface area contributed by atoms with Crippen molar-refractivity contribution >= 4 is 12.4 Å². The van der Waals surface area contributed by atoms with Crippen LogP contribution in [-0.2, 0) is 0 Å². The summed E-state index contributed by atoms with van der Waals surface area (Å²) >= 11 is 0. The molecule has 1 aliphatic heterocycles. The van der Waals surface area contributed by atoms with E-state index in [1.54, 1.807) is 0 Å². The molecule has 1 spiro atoms. The molecule has 0 aromatic carbocycles. The third-order valence-electron chi connectivity index (χ3n) is 3.63. The van der Waals surface area contributed by atoms with E-state index >= 15 is 0 Å². The predicted octanol–water partition coefficient (Wildman–Crippen LogP) is 3.14. The van der Waals surface area contributed by atoms with E-state index in [1.165, 1.54) is 0 Å². The van der Waals surface area contributed by atoms with Gasteiger partial charge < -0.3 is 5.32 Å². The Kier molecular flexibility index (Phi) is 3.93. The lowest BCUT2D eigenvalue weighted by Crippen LogP contribution is -2.46. The molecular formula is C10H17ClF3N. The predicted molar refractivity (Wildman–Crippen MR) is 55.2 cm³/mol. The Balaban J connectivity index is 0.00000112. The van der Waals surface area contributed by atoms with Crippen molar-refractivity contribution in [2.75, 3.05) is 13.1 Å². The Morgan fingerprint density at radius 2 is 1.67 bits per heavy atom. The molecule has 2 rings (SSSR count). The van der Waals surface area contributed by atoms with E-state index in [9.17, 15) is 13.2 Å². The van der Waals surface area contributed by atoms with Crippen LogP contribution in [0.25, 0.3) is 0 Å². The largest absolute Gasteiger partial charge is 0.389 e. The SMILES string of the molecule is Cl.FC(F)(F)CC1CC2(CCNCC2)C1. The van der Waals surface area contributed by atoms with Gasteiger partial charge in [-0.05, 0) is 50.1 Å². The fourth-order valence-electron chi connectivity index (χ4n) is 3.00. The van der Waals surface area contributed by atoms with Gasteiger partial charge in [0.2, 0.25) is 0 Å². The molecule has 1 N–H and O–H groups in total. The topological polar surface area (TPSA) is 12.0 Å². The molecule has 0 radical (unpaired) electrons. The molecule has 0 atom stereocenters. The summed E-state index contributed by atoms with van der Waals surface area (Å²) in [5.74, 6) is -0.0897. The minimum Gasteiger partial charge on any atom is -0.317 e. The molecule has 1 aliphatic carbocycles. The van der Waals surface area contributed by atoms with E-state index in [4.69, 9.17) is 0 Å². The van der Waals surface area contributed by atoms with Crippen LogP contribution in [-0.4, -0.2) is 19.3 Å². The van der Waals surface area contributed by atoms with E-state index in [2.05, 4.69) is 5.32 Å². The van der Waals surface area contributed by atoms with E-state index in [0.29, 0.717) is 0 Å². The molecule has 1 nitrogen and oxygen atoms in total. The molecule has 0 aromatic heterocycles. The van der Waals surface area contributed by atoms with Gasteiger partial charge in [0, 0.05) is 6.42 Å². The highest BCUT2D eigenvalue weighted by Gasteiger charge is 2.47. The van der Waals surface area contributed by atoms with Crippen molar-refractivity contribution in [1.29, 1.82) is 0 Å². The maximum absolute atomic E-state index is 12.1. The minimum absolute atomic E-state index is 0. The zero-order chi connectivity index (χ0) is 10.2. The van der Waals surface area contributed by atoms with Gasteiger partial charge in [0.25, 0.3) is 0 Å². The molecule has 5 heteroatoms. The maximum Gasteiger partial charge on any atom is 0.389 e. The Labute approximate surface area is 94.2 Å². The van der Waals surface area contributed by atoms with Crippen LogP contribution in [0.3, 0.4) is 0 Å². The van der Waals surface area contributed by atoms with Crippen molar-refractivity contribution in [1.82, 2.24) is 5.32 Å². The Bertz CT molecular complexity index is 203. The molecule has 2 aliphatic rings. The Morgan fingerprint density at radius 3 is 2.13 bits per heavy atom. The minimum atomic E-state index is -3.96. The lowest BCUT2D eigenvalue weighted by molar-refractivity contribution is -0.162. The van der Waals surface area contributed by atoms with Crippen molar-refractivity contribution < 1.29 is 13.2 Å². The van der Waals surface area contributed by atoms with Crippen molar-refractivity contribution in [3.05, 3.63) is 0 Å². The third-order valence-corrected chi connectivity index (χ3v) is 3.63. The highest BCUT2D eigenvalue weighted by atomic mass is 35.5. The van der Waals surface area contributed by atoms with Crippen LogP contribution in [0, 0.1) is 11.3 Å². The highest BCUT2D eigenvalue weighted by Crippen LogP contribution is 2.54. The molecule has 15 heavy (non-hydrogen) atoms. The number of alkyl halides is 3. The van der Waals surface area contributed by atoms with Crippen molar-refractivity contribution in [3.63, 3.8) is 0 Å². The first kappa shape index (κ1) is 13.1. The van der Waals surface area contributed by atoms with E-state index < -0.39 is 12.6 Å². The van der Waals surface area contributed by atoms with Crippen LogP contribution < -0.4 is 5.32 Å². The smallest absolute Gasteiger partial charge is 0.317 e. The zero-order valence-electron chi connectivity index (χ0n) is 8.57. The fourth-order valence-corrected chi connectivity index (χ4v) is 3.00. The molecule has 2 fully saturated rings.